The number of nitrogens with two attached hydrogens (primary N) is 1. The van der Waals surface area contributed by atoms with E-state index in [0.29, 0.717) is 22.6 Å². The van der Waals surface area contributed by atoms with Crippen molar-refractivity contribution in [2.24, 2.45) is 10.9 Å². The normalized spacial score (nSPS) is 11.3. The third kappa shape index (κ3) is 4.25. The average Bonchev–Trinajstić information content (AvgIpc) is 2.36. The van der Waals surface area contributed by atoms with Gasteiger partial charge in [-0.05, 0) is 23.8 Å². The summed E-state index contributed by atoms with van der Waals surface area (Å²) >= 11 is 1.35. The van der Waals surface area contributed by atoms with Gasteiger partial charge in [0.1, 0.15) is 5.82 Å². The highest BCUT2D eigenvalue weighted by Gasteiger charge is 2.06. The molecule has 0 saturated heterocycles. The molecule has 0 radical (unpaired) electrons. The predicted octanol–water partition coefficient (Wildman–Crippen LogP) is 0.899. The monoisotopic (exact) mass is 271 g/mol. The molecule has 0 aliphatic heterocycles. The summed E-state index contributed by atoms with van der Waals surface area (Å²) in [6.45, 7) is 0. The van der Waals surface area contributed by atoms with Crippen molar-refractivity contribution < 1.29 is 14.4 Å². The Morgan fingerprint density at radius 2 is 2.28 bits per heavy atom. The number of oxime groups is 1. The summed E-state index contributed by atoms with van der Waals surface area (Å²) in [6, 6.07) is 4.15. The quantitative estimate of drug-likeness (QED) is 0.321. The Morgan fingerprint density at radius 3 is 2.89 bits per heavy atom. The van der Waals surface area contributed by atoms with E-state index in [9.17, 15) is 9.18 Å². The van der Waals surface area contributed by atoms with Gasteiger partial charge in [-0.15, -0.1) is 11.8 Å². The smallest absolute Gasteiger partial charge is 0.229 e. The van der Waals surface area contributed by atoms with Crippen molar-refractivity contribution in [1.82, 2.24) is 5.32 Å². The Balaban J connectivity index is 2.71. The van der Waals surface area contributed by atoms with Gasteiger partial charge in [-0.2, -0.15) is 0 Å². The topological polar surface area (TPSA) is 87.7 Å². The maximum Gasteiger partial charge on any atom is 0.229 e. The number of nitrogens with zero attached hydrogens (tertiary/aromatic N) is 1. The number of benzene rings is 1. The minimum atomic E-state index is -0.463. The lowest BCUT2D eigenvalue weighted by molar-refractivity contribution is -0.118. The van der Waals surface area contributed by atoms with Crippen molar-refractivity contribution in [3.05, 3.63) is 35.1 Å². The predicted molar refractivity (Wildman–Crippen MR) is 69.1 cm³/mol. The summed E-state index contributed by atoms with van der Waals surface area (Å²) in [6.07, 6.45) is 0. The first-order chi connectivity index (χ1) is 8.56. The van der Waals surface area contributed by atoms with E-state index in [1.807, 2.05) is 0 Å². The number of carbonyl (C=O) groups excluding carboxylic acids is 1. The molecule has 0 unspecified atom stereocenters. The number of rotatable bonds is 5. The van der Waals surface area contributed by atoms with Crippen LogP contribution in [0.2, 0.25) is 0 Å². The average molecular weight is 271 g/mol. The van der Waals surface area contributed by atoms with Crippen LogP contribution >= 0.6 is 11.8 Å². The molecule has 0 aliphatic rings. The van der Waals surface area contributed by atoms with E-state index in [1.54, 1.807) is 13.1 Å². The highest BCUT2D eigenvalue weighted by atomic mass is 32.2. The van der Waals surface area contributed by atoms with Gasteiger partial charge in [-0.1, -0.05) is 5.16 Å². The Kier molecular flexibility index (Phi) is 5.44. The number of amides is 1. The lowest BCUT2D eigenvalue weighted by atomic mass is 10.1. The van der Waals surface area contributed by atoms with Gasteiger partial charge < -0.3 is 16.3 Å². The zero-order chi connectivity index (χ0) is 13.5. The molecule has 1 rings (SSSR count). The first kappa shape index (κ1) is 14.3. The lowest BCUT2D eigenvalue weighted by Gasteiger charge is -2.05. The maximum atomic E-state index is 13.3. The second-order valence-electron chi connectivity index (χ2n) is 3.50. The second-order valence-corrected chi connectivity index (χ2v) is 4.48. The molecule has 1 amide bonds. The zero-order valence-corrected chi connectivity index (χ0v) is 10.6. The summed E-state index contributed by atoms with van der Waals surface area (Å²) in [7, 11) is 1.56. The molecule has 1 aromatic carbocycles. The molecular formula is C11H14FN3O2S. The first-order valence-corrected chi connectivity index (χ1v) is 6.28. The summed E-state index contributed by atoms with van der Waals surface area (Å²) in [5, 5.41) is 13.8. The van der Waals surface area contributed by atoms with Crippen LogP contribution < -0.4 is 11.1 Å². The van der Waals surface area contributed by atoms with Gasteiger partial charge in [0.25, 0.3) is 0 Å². The van der Waals surface area contributed by atoms with E-state index in [1.165, 1.54) is 23.9 Å². The zero-order valence-electron chi connectivity index (χ0n) is 9.81. The van der Waals surface area contributed by atoms with Gasteiger partial charge >= 0.3 is 0 Å². The molecular weight excluding hydrogens is 257 g/mol. The van der Waals surface area contributed by atoms with Crippen molar-refractivity contribution in [2.45, 2.75) is 5.75 Å². The molecule has 0 fully saturated rings. The molecule has 18 heavy (non-hydrogen) atoms. The summed E-state index contributed by atoms with van der Waals surface area (Å²) in [4.78, 5) is 11.0. The second kappa shape index (κ2) is 6.85. The molecule has 0 atom stereocenters. The highest BCUT2D eigenvalue weighted by molar-refractivity contribution is 7.99. The van der Waals surface area contributed by atoms with E-state index < -0.39 is 5.82 Å². The number of carbonyl (C=O) groups is 1. The van der Waals surface area contributed by atoms with Gasteiger partial charge in [0.15, 0.2) is 5.84 Å². The van der Waals surface area contributed by atoms with Crippen LogP contribution in [-0.4, -0.2) is 29.8 Å². The summed E-state index contributed by atoms with van der Waals surface area (Å²) < 4.78 is 13.3. The van der Waals surface area contributed by atoms with Crippen LogP contribution in [0, 0.1) is 5.82 Å². The van der Waals surface area contributed by atoms with Crippen molar-refractivity contribution in [3.8, 4) is 0 Å². The Hall–Kier alpha value is -1.76. The third-order valence-corrected chi connectivity index (χ3v) is 3.15. The molecule has 0 heterocycles. The minimum Gasteiger partial charge on any atom is -0.409 e. The van der Waals surface area contributed by atoms with Gasteiger partial charge in [0.2, 0.25) is 5.91 Å². The van der Waals surface area contributed by atoms with Crippen molar-refractivity contribution >= 4 is 23.5 Å². The number of halogens is 1. The molecule has 4 N–H and O–H groups in total. The third-order valence-electron chi connectivity index (χ3n) is 2.14. The van der Waals surface area contributed by atoms with Crippen molar-refractivity contribution in [3.63, 3.8) is 0 Å². The first-order valence-electron chi connectivity index (χ1n) is 5.12. The van der Waals surface area contributed by atoms with Crippen LogP contribution in [0.1, 0.15) is 11.1 Å². The standard InChI is InChI=1S/C11H14FN3O2S/c1-14-10(16)6-18-5-7-2-8(11(13)15-17)4-9(12)3-7/h2-4,17H,5-6H2,1H3,(H2,13,15)(H,14,16). The van der Waals surface area contributed by atoms with Crippen LogP contribution in [-0.2, 0) is 10.5 Å². The number of amidine groups is 1. The fourth-order valence-corrected chi connectivity index (χ4v) is 2.11. The SMILES string of the molecule is CNC(=O)CSCc1cc(F)cc(/C(N)=N/O)c1. The molecule has 0 aromatic heterocycles. The fourth-order valence-electron chi connectivity index (χ4n) is 1.27. The molecule has 98 valence electrons. The Morgan fingerprint density at radius 1 is 1.56 bits per heavy atom. The van der Waals surface area contributed by atoms with E-state index in [2.05, 4.69) is 10.5 Å². The molecule has 0 aliphatic carbocycles. The lowest BCUT2D eigenvalue weighted by Crippen LogP contribution is -2.19. The fraction of sp³-hybridized carbons (Fsp3) is 0.273. The van der Waals surface area contributed by atoms with Crippen LogP contribution in [0.5, 0.6) is 0 Å². The maximum absolute atomic E-state index is 13.3. The summed E-state index contributed by atoms with van der Waals surface area (Å²) in [5.74, 6) is 0.0674. The molecule has 0 bridgehead atoms. The largest absolute Gasteiger partial charge is 0.409 e. The van der Waals surface area contributed by atoms with Gasteiger partial charge in [0, 0.05) is 18.4 Å². The number of thioether (sulfide) groups is 1. The summed E-state index contributed by atoms with van der Waals surface area (Å²) in [5.41, 5.74) is 6.38. The highest BCUT2D eigenvalue weighted by Crippen LogP contribution is 2.15. The molecule has 0 spiro atoms. The van der Waals surface area contributed by atoms with Crippen LogP contribution in [0.15, 0.2) is 23.4 Å². The number of nitrogens with one attached hydrogen (secondary N) is 1. The Bertz CT molecular complexity index is 466. The molecule has 7 heteroatoms. The van der Waals surface area contributed by atoms with Gasteiger partial charge in [-0.3, -0.25) is 4.79 Å². The van der Waals surface area contributed by atoms with E-state index in [0.717, 1.165) is 0 Å². The van der Waals surface area contributed by atoms with E-state index in [-0.39, 0.29) is 11.7 Å². The van der Waals surface area contributed by atoms with E-state index in [4.69, 9.17) is 10.9 Å². The Labute approximate surface area is 108 Å². The van der Waals surface area contributed by atoms with E-state index >= 15 is 0 Å². The van der Waals surface area contributed by atoms with Crippen molar-refractivity contribution in [2.75, 3.05) is 12.8 Å². The molecule has 1 aromatic rings. The number of hydrogen-bond acceptors (Lipinski definition) is 4. The van der Waals surface area contributed by atoms with Crippen LogP contribution in [0.3, 0.4) is 0 Å². The number of hydrogen-bond donors (Lipinski definition) is 3. The minimum absolute atomic E-state index is 0.0898. The van der Waals surface area contributed by atoms with Crippen LogP contribution in [0.4, 0.5) is 4.39 Å². The van der Waals surface area contributed by atoms with Gasteiger partial charge in [-0.25, -0.2) is 4.39 Å². The molecule has 0 saturated carbocycles. The van der Waals surface area contributed by atoms with Crippen LogP contribution in [0.25, 0.3) is 0 Å². The van der Waals surface area contributed by atoms with Crippen molar-refractivity contribution in [1.29, 1.82) is 0 Å². The molecule has 5 nitrogen and oxygen atoms in total. The van der Waals surface area contributed by atoms with Gasteiger partial charge in [0.05, 0.1) is 5.75 Å².